The normalized spacial score (nSPS) is 14.4. The highest BCUT2D eigenvalue weighted by atomic mass is 32.1. The lowest BCUT2D eigenvalue weighted by molar-refractivity contribution is 0.0590. The molecule has 7 heteroatoms. The van der Waals surface area contributed by atoms with Gasteiger partial charge in [0.15, 0.2) is 0 Å². The van der Waals surface area contributed by atoms with Crippen molar-refractivity contribution in [1.29, 1.82) is 0 Å². The molecule has 0 radical (unpaired) electrons. The number of thiophene rings is 1. The molecule has 1 aliphatic heterocycles. The molecule has 2 aromatic heterocycles. The van der Waals surface area contributed by atoms with E-state index < -0.39 is 0 Å². The molecular weight excluding hydrogens is 456 g/mol. The molecule has 1 saturated heterocycles. The summed E-state index contributed by atoms with van der Waals surface area (Å²) in [5.74, 6) is 0.895. The van der Waals surface area contributed by atoms with Crippen LogP contribution in [0.25, 0.3) is 11.3 Å². The molecule has 0 aliphatic carbocycles. The molecule has 0 atom stereocenters. The minimum Gasteiger partial charge on any atom is -0.490 e. The van der Waals surface area contributed by atoms with Crippen molar-refractivity contribution in [2.45, 2.75) is 32.0 Å². The van der Waals surface area contributed by atoms with Crippen molar-refractivity contribution in [3.63, 3.8) is 0 Å². The zero-order valence-electron chi connectivity index (χ0n) is 19.9. The van der Waals surface area contributed by atoms with Gasteiger partial charge in [-0.05, 0) is 42.3 Å². The number of hydrogen-bond acceptors (Lipinski definition) is 5. The number of carbonyl (C=O) groups excluding carboxylic acids is 1. The monoisotopic (exact) mass is 486 g/mol. The number of amides is 1. The van der Waals surface area contributed by atoms with E-state index in [9.17, 15) is 4.79 Å². The SMILES string of the molecule is CN(Cc1cccc(OC2CCN(C(=O)c3cc(-c4ccccc4)n[nH]3)CC2)c1)Cc1cccs1. The molecule has 1 amide bonds. The molecule has 0 spiro atoms. The second-order valence-corrected chi connectivity index (χ2v) is 10.1. The van der Waals surface area contributed by atoms with Gasteiger partial charge in [-0.3, -0.25) is 14.8 Å². The van der Waals surface area contributed by atoms with Crippen LogP contribution in [0.5, 0.6) is 5.75 Å². The lowest BCUT2D eigenvalue weighted by atomic mass is 10.1. The van der Waals surface area contributed by atoms with Gasteiger partial charge in [-0.15, -0.1) is 11.3 Å². The Kier molecular flexibility index (Phi) is 7.25. The highest BCUT2D eigenvalue weighted by Crippen LogP contribution is 2.23. The molecule has 35 heavy (non-hydrogen) atoms. The van der Waals surface area contributed by atoms with E-state index >= 15 is 0 Å². The summed E-state index contributed by atoms with van der Waals surface area (Å²) in [4.78, 5) is 18.5. The molecule has 1 fully saturated rings. The number of hydrogen-bond donors (Lipinski definition) is 1. The van der Waals surface area contributed by atoms with Crippen LogP contribution in [0, 0.1) is 0 Å². The maximum atomic E-state index is 13.0. The fourth-order valence-corrected chi connectivity index (χ4v) is 5.26. The van der Waals surface area contributed by atoms with Crippen LogP contribution in [0.4, 0.5) is 0 Å². The molecule has 0 bridgehead atoms. The summed E-state index contributed by atoms with van der Waals surface area (Å²) < 4.78 is 6.30. The first kappa shape index (κ1) is 23.3. The predicted octanol–water partition coefficient (Wildman–Crippen LogP) is 5.45. The van der Waals surface area contributed by atoms with Crippen LogP contribution in [0.2, 0.25) is 0 Å². The number of H-pyrrole nitrogens is 1. The molecule has 4 aromatic rings. The quantitative estimate of drug-likeness (QED) is 0.360. The van der Waals surface area contributed by atoms with E-state index in [2.05, 4.69) is 57.9 Å². The summed E-state index contributed by atoms with van der Waals surface area (Å²) in [6.07, 6.45) is 1.74. The van der Waals surface area contributed by atoms with Crippen LogP contribution >= 0.6 is 11.3 Å². The number of carbonyl (C=O) groups is 1. The van der Waals surface area contributed by atoms with Crippen molar-refractivity contribution in [2.24, 2.45) is 0 Å². The van der Waals surface area contributed by atoms with Crippen molar-refractivity contribution in [2.75, 3.05) is 20.1 Å². The minimum atomic E-state index is -0.00564. The molecule has 0 unspecified atom stereocenters. The summed E-state index contributed by atoms with van der Waals surface area (Å²) in [7, 11) is 2.14. The molecule has 5 rings (SSSR count). The minimum absolute atomic E-state index is 0.00564. The predicted molar refractivity (Wildman–Crippen MR) is 140 cm³/mol. The number of nitrogens with one attached hydrogen (secondary N) is 1. The third-order valence-corrected chi connectivity index (χ3v) is 7.13. The Hall–Kier alpha value is -3.42. The highest BCUT2D eigenvalue weighted by molar-refractivity contribution is 7.09. The van der Waals surface area contributed by atoms with E-state index in [0.717, 1.165) is 42.9 Å². The van der Waals surface area contributed by atoms with Gasteiger partial charge in [0, 0.05) is 49.5 Å². The van der Waals surface area contributed by atoms with Crippen LogP contribution in [-0.4, -0.2) is 52.1 Å². The van der Waals surface area contributed by atoms with Gasteiger partial charge in [0.25, 0.3) is 5.91 Å². The third-order valence-electron chi connectivity index (χ3n) is 6.27. The van der Waals surface area contributed by atoms with Crippen molar-refractivity contribution < 1.29 is 9.53 Å². The molecule has 3 heterocycles. The Morgan fingerprint density at radius 2 is 1.89 bits per heavy atom. The number of ether oxygens (including phenoxy) is 1. The number of benzene rings is 2. The number of rotatable bonds is 8. The smallest absolute Gasteiger partial charge is 0.271 e. The number of aromatic nitrogens is 2. The fraction of sp³-hybridized carbons (Fsp3) is 0.286. The second kappa shape index (κ2) is 10.9. The van der Waals surface area contributed by atoms with E-state index in [1.54, 1.807) is 11.3 Å². The standard InChI is InChI=1S/C28H30N4O2S/c1-31(20-25-11-6-16-35-25)19-21-7-5-10-24(17-21)34-23-12-14-32(15-13-23)28(33)27-18-26(29-30-27)22-8-3-2-4-9-22/h2-11,16-18,23H,12-15,19-20H2,1H3,(H,29,30). The molecule has 1 N–H and O–H groups in total. The van der Waals surface area contributed by atoms with Crippen LogP contribution < -0.4 is 4.74 Å². The maximum absolute atomic E-state index is 13.0. The van der Waals surface area contributed by atoms with Crippen molar-refractivity contribution in [1.82, 2.24) is 20.0 Å². The summed E-state index contributed by atoms with van der Waals surface area (Å²) >= 11 is 1.79. The van der Waals surface area contributed by atoms with E-state index in [-0.39, 0.29) is 12.0 Å². The van der Waals surface area contributed by atoms with Gasteiger partial charge in [0.1, 0.15) is 17.5 Å². The number of nitrogens with zero attached hydrogens (tertiary/aromatic N) is 3. The molecule has 0 saturated carbocycles. The maximum Gasteiger partial charge on any atom is 0.271 e. The summed E-state index contributed by atoms with van der Waals surface area (Å²) in [6, 6.07) is 24.4. The second-order valence-electron chi connectivity index (χ2n) is 9.04. The van der Waals surface area contributed by atoms with Crippen molar-refractivity contribution >= 4 is 17.2 Å². The highest BCUT2D eigenvalue weighted by Gasteiger charge is 2.26. The molecular formula is C28H30N4O2S. The lowest BCUT2D eigenvalue weighted by Gasteiger charge is -2.32. The lowest BCUT2D eigenvalue weighted by Crippen LogP contribution is -2.41. The van der Waals surface area contributed by atoms with Crippen LogP contribution in [0.15, 0.2) is 78.2 Å². The third kappa shape index (κ3) is 5.99. The molecule has 1 aliphatic rings. The van der Waals surface area contributed by atoms with E-state index in [4.69, 9.17) is 4.74 Å². The average Bonchev–Trinajstić information content (AvgIpc) is 3.57. The van der Waals surface area contributed by atoms with Crippen LogP contribution in [-0.2, 0) is 13.1 Å². The molecule has 2 aromatic carbocycles. The van der Waals surface area contributed by atoms with E-state index in [1.807, 2.05) is 47.4 Å². The van der Waals surface area contributed by atoms with Crippen LogP contribution in [0.1, 0.15) is 33.8 Å². The topological polar surface area (TPSA) is 61.5 Å². The van der Waals surface area contributed by atoms with Crippen LogP contribution in [0.3, 0.4) is 0 Å². The molecule has 6 nitrogen and oxygen atoms in total. The Morgan fingerprint density at radius 3 is 2.66 bits per heavy atom. The van der Waals surface area contributed by atoms with Gasteiger partial charge in [-0.2, -0.15) is 5.10 Å². The Morgan fingerprint density at radius 1 is 1.06 bits per heavy atom. The number of likely N-dealkylation sites (tertiary alicyclic amines) is 1. The Labute approximate surface area is 210 Å². The van der Waals surface area contributed by atoms with Gasteiger partial charge < -0.3 is 9.64 Å². The van der Waals surface area contributed by atoms with E-state index in [0.29, 0.717) is 18.8 Å². The number of aromatic amines is 1. The van der Waals surface area contributed by atoms with Crippen molar-refractivity contribution in [3.05, 3.63) is 94.3 Å². The summed E-state index contributed by atoms with van der Waals surface area (Å²) in [5.41, 5.74) is 3.55. The van der Waals surface area contributed by atoms with Gasteiger partial charge in [-0.25, -0.2) is 0 Å². The summed E-state index contributed by atoms with van der Waals surface area (Å²) in [5, 5.41) is 9.35. The first-order valence-corrected chi connectivity index (χ1v) is 12.9. The van der Waals surface area contributed by atoms with Crippen molar-refractivity contribution in [3.8, 4) is 17.0 Å². The van der Waals surface area contributed by atoms with Gasteiger partial charge in [-0.1, -0.05) is 48.5 Å². The zero-order chi connectivity index (χ0) is 24.0. The Balaban J connectivity index is 1.12. The number of piperidine rings is 1. The van der Waals surface area contributed by atoms with Gasteiger partial charge in [0.05, 0.1) is 5.69 Å². The molecule has 180 valence electrons. The van der Waals surface area contributed by atoms with Gasteiger partial charge in [0.2, 0.25) is 0 Å². The van der Waals surface area contributed by atoms with E-state index in [1.165, 1.54) is 10.4 Å². The first-order valence-electron chi connectivity index (χ1n) is 12.0. The largest absolute Gasteiger partial charge is 0.490 e. The zero-order valence-corrected chi connectivity index (χ0v) is 20.7. The average molecular weight is 487 g/mol. The fourth-order valence-electron chi connectivity index (χ4n) is 4.48. The van der Waals surface area contributed by atoms with Gasteiger partial charge >= 0.3 is 0 Å². The Bertz CT molecular complexity index is 1230. The first-order chi connectivity index (χ1) is 17.1. The summed E-state index contributed by atoms with van der Waals surface area (Å²) in [6.45, 7) is 3.16.